The summed E-state index contributed by atoms with van der Waals surface area (Å²) < 4.78 is 5.68. The topological polar surface area (TPSA) is 64.3 Å². The molecule has 0 unspecified atom stereocenters. The van der Waals surface area contributed by atoms with E-state index in [0.717, 1.165) is 0 Å². The summed E-state index contributed by atoms with van der Waals surface area (Å²) >= 11 is 0. The van der Waals surface area contributed by atoms with Crippen LogP contribution in [0.3, 0.4) is 0 Å². The van der Waals surface area contributed by atoms with Crippen molar-refractivity contribution in [1.82, 2.24) is 0 Å². The standard InChI is InChI=1S/C19H14O4/c1-11(20)14-9-6-10-15-17(14)18(22)16(19(23-15)12(2)21)13-7-4-3-5-8-13/h3-10H,1-2H3. The van der Waals surface area contributed by atoms with Gasteiger partial charge in [-0.25, -0.2) is 0 Å². The monoisotopic (exact) mass is 306 g/mol. The summed E-state index contributed by atoms with van der Waals surface area (Å²) in [5.41, 5.74) is 0.954. The van der Waals surface area contributed by atoms with Gasteiger partial charge in [-0.15, -0.1) is 0 Å². The van der Waals surface area contributed by atoms with Crippen LogP contribution in [0.5, 0.6) is 0 Å². The highest BCUT2D eigenvalue weighted by molar-refractivity contribution is 6.08. The third-order valence-corrected chi connectivity index (χ3v) is 3.68. The van der Waals surface area contributed by atoms with Crippen molar-refractivity contribution in [1.29, 1.82) is 0 Å². The highest BCUT2D eigenvalue weighted by atomic mass is 16.3. The zero-order valence-corrected chi connectivity index (χ0v) is 12.8. The Kier molecular flexibility index (Phi) is 3.66. The zero-order valence-electron chi connectivity index (χ0n) is 12.8. The number of hydrogen-bond acceptors (Lipinski definition) is 4. The van der Waals surface area contributed by atoms with E-state index in [1.165, 1.54) is 13.8 Å². The fraction of sp³-hybridized carbons (Fsp3) is 0.105. The molecule has 0 N–H and O–H groups in total. The summed E-state index contributed by atoms with van der Waals surface area (Å²) in [5, 5.41) is 0.212. The predicted octanol–water partition coefficient (Wildman–Crippen LogP) is 3.87. The molecule has 2 aromatic carbocycles. The molecule has 0 fully saturated rings. The van der Waals surface area contributed by atoms with Gasteiger partial charge in [0.2, 0.25) is 5.43 Å². The molecule has 4 nitrogen and oxygen atoms in total. The van der Waals surface area contributed by atoms with Gasteiger partial charge in [-0.1, -0.05) is 42.5 Å². The summed E-state index contributed by atoms with van der Waals surface area (Å²) in [6.07, 6.45) is 0. The average Bonchev–Trinajstić information content (AvgIpc) is 2.54. The molecule has 0 aliphatic carbocycles. The van der Waals surface area contributed by atoms with Gasteiger partial charge in [0, 0.05) is 12.5 Å². The Morgan fingerprint density at radius 1 is 0.870 bits per heavy atom. The molecular weight excluding hydrogens is 292 g/mol. The minimum atomic E-state index is -0.367. The van der Waals surface area contributed by atoms with Crippen molar-refractivity contribution in [3.05, 3.63) is 70.1 Å². The molecule has 1 aromatic heterocycles. The average molecular weight is 306 g/mol. The number of carbonyl (C=O) groups excluding carboxylic acids is 2. The summed E-state index contributed by atoms with van der Waals surface area (Å²) in [6.45, 7) is 2.75. The lowest BCUT2D eigenvalue weighted by Crippen LogP contribution is -2.14. The number of ketones is 2. The summed E-state index contributed by atoms with van der Waals surface area (Å²) in [6, 6.07) is 13.7. The molecule has 23 heavy (non-hydrogen) atoms. The van der Waals surface area contributed by atoms with E-state index < -0.39 is 0 Å². The van der Waals surface area contributed by atoms with E-state index in [0.29, 0.717) is 11.1 Å². The third kappa shape index (κ3) is 2.48. The third-order valence-electron chi connectivity index (χ3n) is 3.68. The number of benzene rings is 2. The maximum Gasteiger partial charge on any atom is 0.202 e. The first-order valence-corrected chi connectivity index (χ1v) is 7.18. The van der Waals surface area contributed by atoms with Crippen LogP contribution in [0.1, 0.15) is 34.8 Å². The molecule has 0 atom stereocenters. The first kappa shape index (κ1) is 14.9. The Morgan fingerprint density at radius 3 is 2.17 bits per heavy atom. The Bertz CT molecular complexity index is 981. The summed E-state index contributed by atoms with van der Waals surface area (Å²) in [7, 11) is 0. The van der Waals surface area contributed by atoms with Gasteiger partial charge in [-0.05, 0) is 18.6 Å². The molecule has 3 rings (SSSR count). The van der Waals surface area contributed by atoms with E-state index in [-0.39, 0.29) is 39.3 Å². The van der Waals surface area contributed by atoms with Crippen molar-refractivity contribution >= 4 is 22.5 Å². The van der Waals surface area contributed by atoms with E-state index in [1.54, 1.807) is 42.5 Å². The van der Waals surface area contributed by atoms with Gasteiger partial charge in [0.15, 0.2) is 17.3 Å². The van der Waals surface area contributed by atoms with E-state index in [4.69, 9.17) is 4.42 Å². The van der Waals surface area contributed by atoms with Gasteiger partial charge in [-0.2, -0.15) is 0 Å². The van der Waals surface area contributed by atoms with Crippen LogP contribution in [0.4, 0.5) is 0 Å². The Morgan fingerprint density at radius 2 is 1.57 bits per heavy atom. The minimum Gasteiger partial charge on any atom is -0.452 e. The largest absolute Gasteiger partial charge is 0.452 e. The minimum absolute atomic E-state index is 0.00871. The fourth-order valence-electron chi connectivity index (χ4n) is 2.65. The van der Waals surface area contributed by atoms with Crippen molar-refractivity contribution in [2.45, 2.75) is 13.8 Å². The van der Waals surface area contributed by atoms with Gasteiger partial charge in [-0.3, -0.25) is 14.4 Å². The molecule has 0 amide bonds. The lowest BCUT2D eigenvalue weighted by Gasteiger charge is -2.09. The summed E-state index contributed by atoms with van der Waals surface area (Å²) in [4.78, 5) is 36.8. The quantitative estimate of drug-likeness (QED) is 0.689. The van der Waals surface area contributed by atoms with Gasteiger partial charge >= 0.3 is 0 Å². The van der Waals surface area contributed by atoms with Gasteiger partial charge in [0.25, 0.3) is 0 Å². The van der Waals surface area contributed by atoms with Gasteiger partial charge < -0.3 is 4.42 Å². The van der Waals surface area contributed by atoms with Crippen molar-refractivity contribution in [3.8, 4) is 11.1 Å². The number of Topliss-reactive ketones (excluding diaryl/α,β-unsaturated/α-hetero) is 2. The van der Waals surface area contributed by atoms with E-state index in [2.05, 4.69) is 0 Å². The number of hydrogen-bond donors (Lipinski definition) is 0. The number of rotatable bonds is 3. The summed E-state index contributed by atoms with van der Waals surface area (Å²) in [5.74, 6) is -0.553. The number of fused-ring (bicyclic) bond motifs is 1. The van der Waals surface area contributed by atoms with Crippen molar-refractivity contribution < 1.29 is 14.0 Å². The second-order valence-corrected chi connectivity index (χ2v) is 5.29. The Hall–Kier alpha value is -3.01. The van der Waals surface area contributed by atoms with Crippen LogP contribution in [0.25, 0.3) is 22.1 Å². The molecule has 4 heteroatoms. The van der Waals surface area contributed by atoms with Crippen LogP contribution in [0, 0.1) is 0 Å². The highest BCUT2D eigenvalue weighted by Gasteiger charge is 2.21. The van der Waals surface area contributed by atoms with Gasteiger partial charge in [0.05, 0.1) is 10.9 Å². The second-order valence-electron chi connectivity index (χ2n) is 5.29. The zero-order chi connectivity index (χ0) is 16.6. The van der Waals surface area contributed by atoms with Crippen molar-refractivity contribution in [2.75, 3.05) is 0 Å². The molecular formula is C19H14O4. The molecule has 0 spiro atoms. The van der Waals surface area contributed by atoms with Crippen LogP contribution >= 0.6 is 0 Å². The van der Waals surface area contributed by atoms with Crippen LogP contribution < -0.4 is 5.43 Å². The first-order chi connectivity index (χ1) is 11.0. The van der Waals surface area contributed by atoms with E-state index >= 15 is 0 Å². The lowest BCUT2D eigenvalue weighted by molar-refractivity contribution is 0.0987. The molecule has 114 valence electrons. The van der Waals surface area contributed by atoms with Crippen LogP contribution in [0.2, 0.25) is 0 Å². The van der Waals surface area contributed by atoms with Crippen molar-refractivity contribution in [2.24, 2.45) is 0 Å². The molecule has 1 heterocycles. The maximum atomic E-state index is 13.0. The molecule has 0 radical (unpaired) electrons. The number of carbonyl (C=O) groups is 2. The maximum absolute atomic E-state index is 13.0. The van der Waals surface area contributed by atoms with E-state index in [9.17, 15) is 14.4 Å². The predicted molar refractivity (Wildman–Crippen MR) is 87.9 cm³/mol. The molecule has 0 aliphatic heterocycles. The normalized spacial score (nSPS) is 10.7. The van der Waals surface area contributed by atoms with Crippen LogP contribution in [-0.2, 0) is 0 Å². The first-order valence-electron chi connectivity index (χ1n) is 7.18. The SMILES string of the molecule is CC(=O)c1oc2cccc(C(C)=O)c2c(=O)c1-c1ccccc1. The second kappa shape index (κ2) is 5.65. The Labute approximate surface area is 132 Å². The highest BCUT2D eigenvalue weighted by Crippen LogP contribution is 2.26. The van der Waals surface area contributed by atoms with Gasteiger partial charge in [0.1, 0.15) is 5.58 Å². The molecule has 0 saturated carbocycles. The van der Waals surface area contributed by atoms with Crippen LogP contribution in [0.15, 0.2) is 57.7 Å². The fourth-order valence-corrected chi connectivity index (χ4v) is 2.65. The Balaban J connectivity index is 2.52. The van der Waals surface area contributed by atoms with Crippen LogP contribution in [-0.4, -0.2) is 11.6 Å². The lowest BCUT2D eigenvalue weighted by atomic mass is 9.98. The van der Waals surface area contributed by atoms with E-state index in [1.807, 2.05) is 6.07 Å². The molecule has 0 bridgehead atoms. The molecule has 3 aromatic rings. The smallest absolute Gasteiger partial charge is 0.202 e. The molecule has 0 saturated heterocycles. The molecule has 0 aliphatic rings. The van der Waals surface area contributed by atoms with Crippen molar-refractivity contribution in [3.63, 3.8) is 0 Å².